The summed E-state index contributed by atoms with van der Waals surface area (Å²) < 4.78 is 0. The molecule has 0 radical (unpaired) electrons. The molecule has 1 heteroatoms. The molecule has 0 bridgehead atoms. The number of nitrogens with zero attached hydrogens (tertiary/aromatic N) is 1. The molecular formula is C14H21N. The molecule has 2 aliphatic rings. The SMILES string of the molecule is CN=CC1=C(C)C=C2CCC(C)C2(C)C1. The van der Waals surface area contributed by atoms with E-state index >= 15 is 0 Å². The van der Waals surface area contributed by atoms with Crippen molar-refractivity contribution < 1.29 is 0 Å². The highest BCUT2D eigenvalue weighted by atomic mass is 14.6. The molecule has 2 aliphatic carbocycles. The summed E-state index contributed by atoms with van der Waals surface area (Å²) in [5.41, 5.74) is 4.93. The van der Waals surface area contributed by atoms with Crippen LogP contribution in [0.15, 0.2) is 27.8 Å². The molecule has 0 amide bonds. The molecule has 1 saturated carbocycles. The minimum Gasteiger partial charge on any atom is -0.296 e. The lowest BCUT2D eigenvalue weighted by Crippen LogP contribution is -2.25. The van der Waals surface area contributed by atoms with E-state index in [0.717, 1.165) is 5.92 Å². The van der Waals surface area contributed by atoms with E-state index in [1.807, 2.05) is 13.3 Å². The van der Waals surface area contributed by atoms with Gasteiger partial charge in [-0.1, -0.05) is 25.5 Å². The van der Waals surface area contributed by atoms with Crippen molar-refractivity contribution in [3.05, 3.63) is 22.8 Å². The van der Waals surface area contributed by atoms with Gasteiger partial charge in [-0.05, 0) is 48.7 Å². The van der Waals surface area contributed by atoms with Crippen LogP contribution in [0.5, 0.6) is 0 Å². The number of fused-ring (bicyclic) bond motifs is 1. The summed E-state index contributed by atoms with van der Waals surface area (Å²) >= 11 is 0. The monoisotopic (exact) mass is 203 g/mol. The molecule has 0 aromatic carbocycles. The topological polar surface area (TPSA) is 12.4 Å². The first kappa shape index (κ1) is 10.7. The van der Waals surface area contributed by atoms with E-state index in [0.29, 0.717) is 5.41 Å². The van der Waals surface area contributed by atoms with Crippen molar-refractivity contribution in [1.29, 1.82) is 0 Å². The third-order valence-electron chi connectivity index (χ3n) is 4.41. The summed E-state index contributed by atoms with van der Waals surface area (Å²) in [6, 6.07) is 0. The quantitative estimate of drug-likeness (QED) is 0.575. The molecule has 0 saturated heterocycles. The summed E-state index contributed by atoms with van der Waals surface area (Å²) in [5, 5.41) is 0. The molecule has 0 spiro atoms. The van der Waals surface area contributed by atoms with Crippen molar-refractivity contribution in [2.45, 2.75) is 40.0 Å². The van der Waals surface area contributed by atoms with E-state index < -0.39 is 0 Å². The molecule has 2 unspecified atom stereocenters. The van der Waals surface area contributed by atoms with Crippen molar-refractivity contribution in [3.8, 4) is 0 Å². The average Bonchev–Trinajstić information content (AvgIpc) is 2.46. The first-order chi connectivity index (χ1) is 7.08. The Bertz CT molecular complexity index is 360. The Kier molecular flexibility index (Phi) is 2.57. The van der Waals surface area contributed by atoms with Crippen LogP contribution in [0, 0.1) is 11.3 Å². The second-order valence-corrected chi connectivity index (χ2v) is 5.30. The first-order valence-corrected chi connectivity index (χ1v) is 5.91. The molecule has 82 valence electrons. The van der Waals surface area contributed by atoms with E-state index in [1.165, 1.54) is 30.4 Å². The van der Waals surface area contributed by atoms with Gasteiger partial charge < -0.3 is 0 Å². The van der Waals surface area contributed by atoms with Gasteiger partial charge in [-0.2, -0.15) is 0 Å². The maximum atomic E-state index is 4.17. The van der Waals surface area contributed by atoms with Crippen LogP contribution in [0.2, 0.25) is 0 Å². The van der Waals surface area contributed by atoms with Crippen molar-refractivity contribution in [2.24, 2.45) is 16.3 Å². The number of hydrogen-bond acceptors (Lipinski definition) is 1. The van der Waals surface area contributed by atoms with Crippen LogP contribution in [-0.2, 0) is 0 Å². The van der Waals surface area contributed by atoms with Crippen molar-refractivity contribution in [2.75, 3.05) is 7.05 Å². The van der Waals surface area contributed by atoms with Crippen LogP contribution in [0.25, 0.3) is 0 Å². The molecule has 2 atom stereocenters. The highest BCUT2D eigenvalue weighted by Gasteiger charge is 2.41. The fourth-order valence-corrected chi connectivity index (χ4v) is 3.01. The number of rotatable bonds is 1. The van der Waals surface area contributed by atoms with E-state index in [1.54, 1.807) is 5.57 Å². The smallest absolute Gasteiger partial charge is 0.0277 e. The lowest BCUT2D eigenvalue weighted by molar-refractivity contribution is 0.294. The van der Waals surface area contributed by atoms with Gasteiger partial charge in [0, 0.05) is 13.3 Å². The van der Waals surface area contributed by atoms with Gasteiger partial charge >= 0.3 is 0 Å². The zero-order chi connectivity index (χ0) is 11.1. The van der Waals surface area contributed by atoms with Gasteiger partial charge in [-0.25, -0.2) is 0 Å². The molecule has 0 heterocycles. The van der Waals surface area contributed by atoms with Crippen molar-refractivity contribution >= 4 is 6.21 Å². The van der Waals surface area contributed by atoms with Crippen LogP contribution in [-0.4, -0.2) is 13.3 Å². The first-order valence-electron chi connectivity index (χ1n) is 5.91. The van der Waals surface area contributed by atoms with Crippen LogP contribution in [0.4, 0.5) is 0 Å². The van der Waals surface area contributed by atoms with Crippen LogP contribution in [0.3, 0.4) is 0 Å². The number of hydrogen-bond donors (Lipinski definition) is 0. The maximum absolute atomic E-state index is 4.17. The van der Waals surface area contributed by atoms with Gasteiger partial charge in [0.05, 0.1) is 0 Å². The largest absolute Gasteiger partial charge is 0.296 e. The third-order valence-corrected chi connectivity index (χ3v) is 4.41. The molecule has 1 fully saturated rings. The Labute approximate surface area is 93.0 Å². The Morgan fingerprint density at radius 1 is 1.53 bits per heavy atom. The van der Waals surface area contributed by atoms with Crippen molar-refractivity contribution in [3.63, 3.8) is 0 Å². The lowest BCUT2D eigenvalue weighted by atomic mass is 9.69. The van der Waals surface area contributed by atoms with E-state index in [4.69, 9.17) is 0 Å². The average molecular weight is 203 g/mol. The van der Waals surface area contributed by atoms with Gasteiger partial charge in [-0.15, -0.1) is 0 Å². The van der Waals surface area contributed by atoms with Gasteiger partial charge in [0.15, 0.2) is 0 Å². The third kappa shape index (κ3) is 1.58. The fraction of sp³-hybridized carbons (Fsp3) is 0.643. The Morgan fingerprint density at radius 3 is 2.93 bits per heavy atom. The van der Waals surface area contributed by atoms with Crippen LogP contribution < -0.4 is 0 Å². The molecule has 15 heavy (non-hydrogen) atoms. The molecule has 0 N–H and O–H groups in total. The van der Waals surface area contributed by atoms with Crippen molar-refractivity contribution in [1.82, 2.24) is 0 Å². The molecule has 0 aliphatic heterocycles. The summed E-state index contributed by atoms with van der Waals surface area (Å²) in [6.07, 6.45) is 8.28. The minimum atomic E-state index is 0.413. The standard InChI is InChI=1S/C14H21N/c1-10-7-13-6-5-11(2)14(13,3)8-12(10)9-15-4/h7,9,11H,5-6,8H2,1-4H3. The van der Waals surface area contributed by atoms with E-state index in [9.17, 15) is 0 Å². The number of allylic oxidation sites excluding steroid dienone is 4. The Hall–Kier alpha value is -0.850. The normalized spacial score (nSPS) is 36.0. The molecule has 0 aromatic rings. The van der Waals surface area contributed by atoms with E-state index in [-0.39, 0.29) is 0 Å². The summed E-state index contributed by atoms with van der Waals surface area (Å²) in [4.78, 5) is 4.17. The predicted octanol–water partition coefficient (Wildman–Crippen LogP) is 3.77. The Morgan fingerprint density at radius 2 is 2.27 bits per heavy atom. The fourth-order valence-electron chi connectivity index (χ4n) is 3.01. The summed E-state index contributed by atoms with van der Waals surface area (Å²) in [7, 11) is 1.86. The summed E-state index contributed by atoms with van der Waals surface area (Å²) in [5.74, 6) is 0.817. The van der Waals surface area contributed by atoms with Gasteiger partial charge in [0.25, 0.3) is 0 Å². The maximum Gasteiger partial charge on any atom is 0.0277 e. The lowest BCUT2D eigenvalue weighted by Gasteiger charge is -2.35. The van der Waals surface area contributed by atoms with Gasteiger partial charge in [0.2, 0.25) is 0 Å². The zero-order valence-electron chi connectivity index (χ0n) is 10.3. The molecular weight excluding hydrogens is 182 g/mol. The number of aliphatic imine (C=N–C) groups is 1. The Balaban J connectivity index is 2.39. The summed E-state index contributed by atoms with van der Waals surface area (Å²) in [6.45, 7) is 7.03. The second-order valence-electron chi connectivity index (χ2n) is 5.30. The van der Waals surface area contributed by atoms with Gasteiger partial charge in [0.1, 0.15) is 0 Å². The van der Waals surface area contributed by atoms with E-state index in [2.05, 4.69) is 31.8 Å². The predicted molar refractivity (Wildman–Crippen MR) is 66.3 cm³/mol. The van der Waals surface area contributed by atoms with Gasteiger partial charge in [-0.3, -0.25) is 4.99 Å². The molecule has 2 rings (SSSR count). The molecule has 1 nitrogen and oxygen atoms in total. The minimum absolute atomic E-state index is 0.413. The zero-order valence-corrected chi connectivity index (χ0v) is 10.3. The second kappa shape index (κ2) is 3.62. The van der Waals surface area contributed by atoms with Crippen LogP contribution in [0.1, 0.15) is 40.0 Å². The van der Waals surface area contributed by atoms with Crippen LogP contribution >= 0.6 is 0 Å². The molecule has 0 aromatic heterocycles. The highest BCUT2D eigenvalue weighted by Crippen LogP contribution is 2.53. The highest BCUT2D eigenvalue weighted by molar-refractivity contribution is 5.81.